The average Bonchev–Trinajstić information content (AvgIpc) is 3.35. The van der Waals surface area contributed by atoms with Crippen LogP contribution in [0.4, 0.5) is 5.69 Å². The van der Waals surface area contributed by atoms with Crippen molar-refractivity contribution in [2.45, 2.75) is 26.7 Å². The van der Waals surface area contributed by atoms with Crippen LogP contribution in [0.5, 0.6) is 11.5 Å². The fraction of sp³-hybridized carbons (Fsp3) is 0.346. The molecule has 5 nitrogen and oxygen atoms in total. The molecule has 0 spiro atoms. The quantitative estimate of drug-likeness (QED) is 0.357. The lowest BCUT2D eigenvalue weighted by atomic mass is 10.1. The fourth-order valence-electron chi connectivity index (χ4n) is 3.58. The van der Waals surface area contributed by atoms with Crippen LogP contribution in [0, 0.1) is 0 Å². The number of ether oxygens (including phenoxy) is 2. The number of anilines is 1. The van der Waals surface area contributed by atoms with E-state index in [1.165, 1.54) is 0 Å². The van der Waals surface area contributed by atoms with Crippen molar-refractivity contribution >= 4 is 22.9 Å². The molecule has 3 rings (SSSR count). The molecule has 0 bridgehead atoms. The van der Waals surface area contributed by atoms with Crippen LogP contribution in [-0.2, 0) is 0 Å². The van der Waals surface area contributed by atoms with E-state index in [1.807, 2.05) is 53.9 Å². The first-order chi connectivity index (χ1) is 15.6. The second kappa shape index (κ2) is 12.3. The van der Waals surface area contributed by atoms with Crippen LogP contribution in [0.15, 0.2) is 60.0 Å². The minimum absolute atomic E-state index is 0.156. The Labute approximate surface area is 195 Å². The summed E-state index contributed by atoms with van der Waals surface area (Å²) in [6.07, 6.45) is 2.25. The zero-order chi connectivity index (χ0) is 22.8. The van der Waals surface area contributed by atoms with Crippen LogP contribution in [0.3, 0.4) is 0 Å². The van der Waals surface area contributed by atoms with Crippen molar-refractivity contribution in [1.82, 2.24) is 4.90 Å². The van der Waals surface area contributed by atoms with E-state index in [1.54, 1.807) is 18.4 Å². The molecule has 0 aliphatic rings. The molecule has 0 saturated carbocycles. The van der Waals surface area contributed by atoms with Crippen molar-refractivity contribution in [1.29, 1.82) is 0 Å². The molecule has 0 atom stereocenters. The third-order valence-electron chi connectivity index (χ3n) is 5.10. The number of rotatable bonds is 12. The maximum atomic E-state index is 12.9. The Morgan fingerprint density at radius 1 is 0.969 bits per heavy atom. The summed E-state index contributed by atoms with van der Waals surface area (Å²) in [5.74, 6) is 1.13. The highest BCUT2D eigenvalue weighted by Gasteiger charge is 2.12. The minimum Gasteiger partial charge on any atom is -0.493 e. The van der Waals surface area contributed by atoms with E-state index in [0.29, 0.717) is 29.4 Å². The molecular formula is C26H32N2O3S. The first-order valence-corrected chi connectivity index (χ1v) is 12.0. The Bertz CT molecular complexity index is 982. The van der Waals surface area contributed by atoms with Gasteiger partial charge in [0.25, 0.3) is 5.91 Å². The van der Waals surface area contributed by atoms with Crippen LogP contribution >= 0.6 is 11.3 Å². The summed E-state index contributed by atoms with van der Waals surface area (Å²) in [6, 6.07) is 17.2. The van der Waals surface area contributed by atoms with Gasteiger partial charge in [-0.25, -0.2) is 0 Å². The van der Waals surface area contributed by atoms with Crippen molar-refractivity contribution in [2.75, 3.05) is 38.7 Å². The van der Waals surface area contributed by atoms with Crippen molar-refractivity contribution in [3.8, 4) is 21.9 Å². The molecule has 0 saturated heterocycles. The topological polar surface area (TPSA) is 50.8 Å². The molecule has 0 unspecified atom stereocenters. The number of nitrogens with zero attached hydrogens (tertiary/aromatic N) is 1. The third-order valence-corrected chi connectivity index (χ3v) is 6.02. The molecule has 1 amide bonds. The maximum Gasteiger partial charge on any atom is 0.255 e. The van der Waals surface area contributed by atoms with Gasteiger partial charge < -0.3 is 14.8 Å². The molecule has 0 aliphatic carbocycles. The van der Waals surface area contributed by atoms with E-state index in [0.717, 1.165) is 42.9 Å². The van der Waals surface area contributed by atoms with E-state index in [-0.39, 0.29) is 5.91 Å². The number of carbonyl (C=O) groups is 1. The van der Waals surface area contributed by atoms with Crippen LogP contribution in [0.1, 0.15) is 37.0 Å². The molecule has 6 heteroatoms. The van der Waals surface area contributed by atoms with E-state index < -0.39 is 0 Å². The van der Waals surface area contributed by atoms with Gasteiger partial charge in [-0.3, -0.25) is 9.69 Å². The number of methoxy groups -OCH3 is 1. The predicted molar refractivity (Wildman–Crippen MR) is 133 cm³/mol. The second-order valence-corrected chi connectivity index (χ2v) is 8.52. The molecular weight excluding hydrogens is 420 g/mol. The van der Waals surface area contributed by atoms with Gasteiger partial charge in [-0.05, 0) is 67.2 Å². The zero-order valence-corrected chi connectivity index (χ0v) is 19.9. The highest BCUT2D eigenvalue weighted by Crippen LogP contribution is 2.31. The SMILES string of the molecule is CCCN(CCC)CCOc1cc(NC(=O)c2cccc(-c3cccs3)c2)ccc1OC. The summed E-state index contributed by atoms with van der Waals surface area (Å²) in [5.41, 5.74) is 2.32. The highest BCUT2D eigenvalue weighted by molar-refractivity contribution is 7.13. The number of benzene rings is 2. The Kier molecular flexibility index (Phi) is 9.13. The van der Waals surface area contributed by atoms with Gasteiger partial charge in [0.05, 0.1) is 7.11 Å². The van der Waals surface area contributed by atoms with Crippen LogP contribution in [0.25, 0.3) is 10.4 Å². The number of thiophene rings is 1. The summed E-state index contributed by atoms with van der Waals surface area (Å²) in [6.45, 7) is 7.93. The van der Waals surface area contributed by atoms with E-state index in [4.69, 9.17) is 9.47 Å². The van der Waals surface area contributed by atoms with Gasteiger partial charge >= 0.3 is 0 Å². The zero-order valence-electron chi connectivity index (χ0n) is 19.1. The van der Waals surface area contributed by atoms with Crippen LogP contribution in [-0.4, -0.2) is 44.2 Å². The molecule has 0 radical (unpaired) electrons. The molecule has 1 heterocycles. The molecule has 0 fully saturated rings. The minimum atomic E-state index is -0.156. The van der Waals surface area contributed by atoms with Gasteiger partial charge in [0.15, 0.2) is 11.5 Å². The normalized spacial score (nSPS) is 10.9. The third kappa shape index (κ3) is 6.58. The van der Waals surface area contributed by atoms with E-state index in [9.17, 15) is 4.79 Å². The monoisotopic (exact) mass is 452 g/mol. The Balaban J connectivity index is 1.67. The Morgan fingerprint density at radius 2 is 1.78 bits per heavy atom. The number of carbonyl (C=O) groups excluding carboxylic acids is 1. The number of nitrogens with one attached hydrogen (secondary N) is 1. The first-order valence-electron chi connectivity index (χ1n) is 11.1. The van der Waals surface area contributed by atoms with Crippen molar-refractivity contribution in [2.24, 2.45) is 0 Å². The van der Waals surface area contributed by atoms with Gasteiger partial charge in [-0.2, -0.15) is 0 Å². The number of hydrogen-bond donors (Lipinski definition) is 1. The summed E-state index contributed by atoms with van der Waals surface area (Å²) >= 11 is 1.66. The molecule has 1 N–H and O–H groups in total. The van der Waals surface area contributed by atoms with Gasteiger partial charge in [-0.1, -0.05) is 32.0 Å². The lowest BCUT2D eigenvalue weighted by molar-refractivity contribution is 0.102. The predicted octanol–water partition coefficient (Wildman–Crippen LogP) is 6.18. The summed E-state index contributed by atoms with van der Waals surface area (Å²) < 4.78 is 11.5. The van der Waals surface area contributed by atoms with Crippen molar-refractivity contribution in [3.05, 3.63) is 65.5 Å². The van der Waals surface area contributed by atoms with Crippen LogP contribution < -0.4 is 14.8 Å². The summed E-state index contributed by atoms with van der Waals surface area (Å²) in [5, 5.41) is 5.01. The summed E-state index contributed by atoms with van der Waals surface area (Å²) in [7, 11) is 1.62. The first kappa shape index (κ1) is 23.8. The summed E-state index contributed by atoms with van der Waals surface area (Å²) in [4.78, 5) is 16.4. The standard InChI is InChI=1S/C26H32N2O3S/c1-4-13-28(14-5-2)15-16-31-24-19-22(11-12-23(24)30-3)27-26(29)21-9-6-8-20(18-21)25-10-7-17-32-25/h6-12,17-19H,4-5,13-16H2,1-3H3,(H,27,29). The van der Waals surface area contributed by atoms with Crippen LogP contribution in [0.2, 0.25) is 0 Å². The highest BCUT2D eigenvalue weighted by atomic mass is 32.1. The van der Waals surface area contributed by atoms with Gasteiger partial charge in [0.1, 0.15) is 6.61 Å². The van der Waals surface area contributed by atoms with Gasteiger partial charge in [-0.15, -0.1) is 11.3 Å². The Morgan fingerprint density at radius 3 is 2.47 bits per heavy atom. The second-order valence-electron chi connectivity index (χ2n) is 7.57. The fourth-order valence-corrected chi connectivity index (χ4v) is 4.30. The molecule has 0 aliphatic heterocycles. The Hall–Kier alpha value is -2.83. The number of amides is 1. The van der Waals surface area contributed by atoms with Crippen molar-refractivity contribution in [3.63, 3.8) is 0 Å². The van der Waals surface area contributed by atoms with E-state index in [2.05, 4.69) is 30.1 Å². The molecule has 170 valence electrons. The maximum absolute atomic E-state index is 12.9. The number of hydrogen-bond acceptors (Lipinski definition) is 5. The molecule has 2 aromatic carbocycles. The van der Waals surface area contributed by atoms with Gasteiger partial charge in [0, 0.05) is 28.7 Å². The molecule has 1 aromatic heterocycles. The van der Waals surface area contributed by atoms with Gasteiger partial charge in [0.2, 0.25) is 0 Å². The molecule has 32 heavy (non-hydrogen) atoms. The lowest BCUT2D eigenvalue weighted by Gasteiger charge is -2.21. The average molecular weight is 453 g/mol. The van der Waals surface area contributed by atoms with Crippen molar-refractivity contribution < 1.29 is 14.3 Å². The largest absolute Gasteiger partial charge is 0.493 e. The smallest absolute Gasteiger partial charge is 0.255 e. The molecule has 3 aromatic rings. The lowest BCUT2D eigenvalue weighted by Crippen LogP contribution is -2.30. The van der Waals surface area contributed by atoms with E-state index >= 15 is 0 Å².